The van der Waals surface area contributed by atoms with Crippen molar-refractivity contribution >= 4 is 12.1 Å². The Hall–Kier alpha value is -1.84. The van der Waals surface area contributed by atoms with Gasteiger partial charge in [-0.3, -0.25) is 4.79 Å². The van der Waals surface area contributed by atoms with Crippen LogP contribution in [0.2, 0.25) is 0 Å². The van der Waals surface area contributed by atoms with Crippen LogP contribution in [0.3, 0.4) is 0 Å². The van der Waals surface area contributed by atoms with Gasteiger partial charge in [-0.1, -0.05) is 12.5 Å². The van der Waals surface area contributed by atoms with Crippen molar-refractivity contribution in [3.63, 3.8) is 0 Å². The maximum absolute atomic E-state index is 12.4. The van der Waals surface area contributed by atoms with E-state index < -0.39 is 0 Å². The van der Waals surface area contributed by atoms with E-state index in [1.54, 1.807) is 0 Å². The van der Waals surface area contributed by atoms with E-state index in [2.05, 4.69) is 0 Å². The van der Waals surface area contributed by atoms with Gasteiger partial charge in [-0.15, -0.1) is 0 Å². The van der Waals surface area contributed by atoms with Gasteiger partial charge in [0.25, 0.3) is 0 Å². The molecule has 3 rings (SSSR count). The van der Waals surface area contributed by atoms with Gasteiger partial charge in [-0.2, -0.15) is 0 Å². The summed E-state index contributed by atoms with van der Waals surface area (Å²) in [5.41, 5.74) is 0.977. The average molecular weight is 260 g/mol. The van der Waals surface area contributed by atoms with Gasteiger partial charge >= 0.3 is 0 Å². The zero-order valence-corrected chi connectivity index (χ0v) is 10.6. The molecule has 0 aromatic heterocycles. The van der Waals surface area contributed by atoms with Gasteiger partial charge < -0.3 is 14.3 Å². The zero-order valence-electron chi connectivity index (χ0n) is 10.6. The topological polar surface area (TPSA) is 52.6 Å². The standard InChI is InChI=1S/C15H16O4/c16-7-6-10-2-1-3-12(15(10)17)11-4-5-13-14(8-11)19-9-18-13/h4-5,7-8,10,12H,1-3,6,9H2/t10?,12-/m0/s1. The van der Waals surface area contributed by atoms with Gasteiger partial charge in [-0.25, -0.2) is 0 Å². The SMILES string of the molecule is O=CCC1CCC[C@@H](c2ccc3c(c2)OCO3)C1=O. The number of hydrogen-bond donors (Lipinski definition) is 0. The molecule has 0 N–H and O–H groups in total. The Morgan fingerprint density at radius 1 is 1.21 bits per heavy atom. The van der Waals surface area contributed by atoms with Crippen LogP contribution in [0.5, 0.6) is 11.5 Å². The second-order valence-electron chi connectivity index (χ2n) is 5.10. The van der Waals surface area contributed by atoms with Gasteiger partial charge in [0.2, 0.25) is 6.79 Å². The summed E-state index contributed by atoms with van der Waals surface area (Å²) in [4.78, 5) is 23.0. The Bertz CT molecular complexity index is 509. The number of aldehydes is 1. The van der Waals surface area contributed by atoms with Crippen molar-refractivity contribution < 1.29 is 19.1 Å². The third-order valence-electron chi connectivity index (χ3n) is 3.97. The largest absolute Gasteiger partial charge is 0.454 e. The molecule has 19 heavy (non-hydrogen) atoms. The lowest BCUT2D eigenvalue weighted by molar-refractivity contribution is -0.128. The second-order valence-corrected chi connectivity index (χ2v) is 5.10. The number of rotatable bonds is 3. The van der Waals surface area contributed by atoms with Crippen LogP contribution >= 0.6 is 0 Å². The van der Waals surface area contributed by atoms with E-state index in [0.29, 0.717) is 12.2 Å². The molecule has 1 saturated carbocycles. The van der Waals surface area contributed by atoms with Gasteiger partial charge in [0.15, 0.2) is 11.5 Å². The number of hydrogen-bond acceptors (Lipinski definition) is 4. The van der Waals surface area contributed by atoms with Crippen LogP contribution in [0.4, 0.5) is 0 Å². The molecule has 0 bridgehead atoms. The number of fused-ring (bicyclic) bond motifs is 1. The fraction of sp³-hybridized carbons (Fsp3) is 0.467. The molecule has 0 amide bonds. The fourth-order valence-electron chi connectivity index (χ4n) is 2.95. The van der Waals surface area contributed by atoms with E-state index in [0.717, 1.165) is 36.9 Å². The minimum absolute atomic E-state index is 0.104. The van der Waals surface area contributed by atoms with E-state index in [-0.39, 0.29) is 24.4 Å². The van der Waals surface area contributed by atoms with E-state index in [4.69, 9.17) is 9.47 Å². The Balaban J connectivity index is 1.84. The molecule has 1 fully saturated rings. The first kappa shape index (κ1) is 12.2. The van der Waals surface area contributed by atoms with Crippen LogP contribution < -0.4 is 9.47 Å². The lowest BCUT2D eigenvalue weighted by atomic mass is 9.76. The summed E-state index contributed by atoms with van der Waals surface area (Å²) >= 11 is 0. The first-order valence-corrected chi connectivity index (χ1v) is 6.66. The zero-order chi connectivity index (χ0) is 13.2. The van der Waals surface area contributed by atoms with Crippen molar-refractivity contribution in [2.45, 2.75) is 31.6 Å². The molecular formula is C15H16O4. The number of carbonyl (C=O) groups is 2. The number of ether oxygens (including phenoxy) is 2. The number of carbonyl (C=O) groups excluding carboxylic acids is 2. The normalized spacial score (nSPS) is 25.4. The van der Waals surface area contributed by atoms with Crippen LogP contribution in [0.15, 0.2) is 18.2 Å². The Labute approximate surface area is 111 Å². The van der Waals surface area contributed by atoms with E-state index in [9.17, 15) is 9.59 Å². The highest BCUT2D eigenvalue weighted by Gasteiger charge is 2.32. The summed E-state index contributed by atoms with van der Waals surface area (Å²) in [5.74, 6) is 1.42. The molecule has 0 spiro atoms. The monoisotopic (exact) mass is 260 g/mol. The van der Waals surface area contributed by atoms with Crippen molar-refractivity contribution in [1.82, 2.24) is 0 Å². The van der Waals surface area contributed by atoms with Crippen molar-refractivity contribution in [2.24, 2.45) is 5.92 Å². The van der Waals surface area contributed by atoms with Crippen molar-refractivity contribution in [2.75, 3.05) is 6.79 Å². The van der Waals surface area contributed by atoms with Crippen molar-refractivity contribution in [3.05, 3.63) is 23.8 Å². The minimum Gasteiger partial charge on any atom is -0.454 e. The number of Topliss-reactive ketones (excluding diaryl/α,β-unsaturated/α-hetero) is 1. The Morgan fingerprint density at radius 3 is 2.89 bits per heavy atom. The maximum atomic E-state index is 12.4. The summed E-state index contributed by atoms with van der Waals surface area (Å²) < 4.78 is 10.6. The number of ketones is 1. The highest BCUT2D eigenvalue weighted by Crippen LogP contribution is 2.39. The Kier molecular flexibility index (Phi) is 3.23. The van der Waals surface area contributed by atoms with Crippen LogP contribution in [-0.4, -0.2) is 18.9 Å². The molecule has 4 heteroatoms. The predicted octanol–water partition coefficient (Wildman–Crippen LogP) is 2.46. The smallest absolute Gasteiger partial charge is 0.231 e. The van der Waals surface area contributed by atoms with Gasteiger partial charge in [0, 0.05) is 18.3 Å². The lowest BCUT2D eigenvalue weighted by Crippen LogP contribution is -2.27. The van der Waals surface area contributed by atoms with Crippen LogP contribution in [0, 0.1) is 5.92 Å². The molecule has 1 unspecified atom stereocenters. The van der Waals surface area contributed by atoms with Crippen LogP contribution in [0.1, 0.15) is 37.2 Å². The van der Waals surface area contributed by atoms with Gasteiger partial charge in [-0.05, 0) is 30.5 Å². The van der Waals surface area contributed by atoms with Crippen LogP contribution in [-0.2, 0) is 9.59 Å². The highest BCUT2D eigenvalue weighted by atomic mass is 16.7. The first-order chi connectivity index (χ1) is 9.29. The molecule has 1 heterocycles. The molecular weight excluding hydrogens is 244 g/mol. The summed E-state index contributed by atoms with van der Waals surface area (Å²) in [7, 11) is 0. The molecule has 2 atom stereocenters. The third kappa shape index (κ3) is 2.23. The molecule has 0 saturated heterocycles. The molecule has 2 aliphatic rings. The third-order valence-corrected chi connectivity index (χ3v) is 3.97. The number of benzene rings is 1. The van der Waals surface area contributed by atoms with E-state index >= 15 is 0 Å². The highest BCUT2D eigenvalue weighted by molar-refractivity contribution is 5.90. The van der Waals surface area contributed by atoms with Crippen LogP contribution in [0.25, 0.3) is 0 Å². The summed E-state index contributed by atoms with van der Waals surface area (Å²) in [6.07, 6.45) is 3.88. The predicted molar refractivity (Wildman–Crippen MR) is 68.3 cm³/mol. The lowest BCUT2D eigenvalue weighted by Gasteiger charge is -2.27. The van der Waals surface area contributed by atoms with Gasteiger partial charge in [0.1, 0.15) is 12.1 Å². The molecule has 100 valence electrons. The molecule has 4 nitrogen and oxygen atoms in total. The quantitative estimate of drug-likeness (QED) is 0.783. The Morgan fingerprint density at radius 2 is 2.05 bits per heavy atom. The molecule has 1 aromatic carbocycles. The summed E-state index contributed by atoms with van der Waals surface area (Å²) in [5, 5.41) is 0. The molecule has 1 aromatic rings. The van der Waals surface area contributed by atoms with E-state index in [1.165, 1.54) is 0 Å². The van der Waals surface area contributed by atoms with Gasteiger partial charge in [0.05, 0.1) is 0 Å². The van der Waals surface area contributed by atoms with Crippen molar-refractivity contribution in [3.8, 4) is 11.5 Å². The molecule has 0 radical (unpaired) electrons. The fourth-order valence-corrected chi connectivity index (χ4v) is 2.95. The summed E-state index contributed by atoms with van der Waals surface area (Å²) in [6, 6.07) is 5.68. The molecule has 1 aliphatic heterocycles. The summed E-state index contributed by atoms with van der Waals surface area (Å²) in [6.45, 7) is 0.241. The van der Waals surface area contributed by atoms with Crippen molar-refractivity contribution in [1.29, 1.82) is 0 Å². The minimum atomic E-state index is -0.110. The average Bonchev–Trinajstić information content (AvgIpc) is 2.88. The first-order valence-electron chi connectivity index (χ1n) is 6.66. The second kappa shape index (κ2) is 5.03. The molecule has 1 aliphatic carbocycles. The maximum Gasteiger partial charge on any atom is 0.231 e. The van der Waals surface area contributed by atoms with E-state index in [1.807, 2.05) is 18.2 Å².